The van der Waals surface area contributed by atoms with Crippen molar-refractivity contribution >= 4 is 5.69 Å². The van der Waals surface area contributed by atoms with E-state index in [1.54, 1.807) is 0 Å². The molecular formula is C20H26N2. The summed E-state index contributed by atoms with van der Waals surface area (Å²) >= 11 is 0. The van der Waals surface area contributed by atoms with E-state index in [1.807, 2.05) is 0 Å². The van der Waals surface area contributed by atoms with E-state index in [4.69, 9.17) is 0 Å². The molecule has 0 aromatic heterocycles. The van der Waals surface area contributed by atoms with E-state index >= 15 is 0 Å². The summed E-state index contributed by atoms with van der Waals surface area (Å²) in [5.74, 6) is 0. The maximum atomic E-state index is 2.60. The first-order valence-corrected chi connectivity index (χ1v) is 8.39. The van der Waals surface area contributed by atoms with E-state index in [1.165, 1.54) is 49.3 Å². The van der Waals surface area contributed by atoms with Gasteiger partial charge in [-0.1, -0.05) is 48.0 Å². The Hall–Kier alpha value is -1.80. The van der Waals surface area contributed by atoms with Gasteiger partial charge in [-0.25, -0.2) is 0 Å². The quantitative estimate of drug-likeness (QED) is 0.828. The maximum absolute atomic E-state index is 2.60. The van der Waals surface area contributed by atoms with Gasteiger partial charge in [0.15, 0.2) is 0 Å². The molecule has 3 rings (SSSR count). The average molecular weight is 294 g/mol. The van der Waals surface area contributed by atoms with Crippen molar-refractivity contribution in [3.63, 3.8) is 0 Å². The average Bonchev–Trinajstić information content (AvgIpc) is 2.58. The van der Waals surface area contributed by atoms with Crippen LogP contribution >= 0.6 is 0 Å². The number of benzene rings is 2. The summed E-state index contributed by atoms with van der Waals surface area (Å²) in [6, 6.07) is 19.7. The number of hydrogen-bond acceptors (Lipinski definition) is 2. The van der Waals surface area contributed by atoms with Crippen LogP contribution in [0.15, 0.2) is 54.6 Å². The lowest BCUT2D eigenvalue weighted by molar-refractivity contribution is 0.255. The molecule has 2 nitrogen and oxygen atoms in total. The van der Waals surface area contributed by atoms with E-state index in [0.717, 1.165) is 13.1 Å². The Bertz CT molecular complexity index is 554. The first kappa shape index (κ1) is 15.1. The van der Waals surface area contributed by atoms with Crippen LogP contribution in [-0.4, -0.2) is 37.6 Å². The SMILES string of the molecule is Cc1ccc(CCCN2CCN(c3ccccc3)CC2)cc1. The summed E-state index contributed by atoms with van der Waals surface area (Å²) in [4.78, 5) is 5.10. The molecule has 0 bridgehead atoms. The molecule has 2 aromatic rings. The van der Waals surface area contributed by atoms with Crippen molar-refractivity contribution in [3.05, 3.63) is 65.7 Å². The fourth-order valence-corrected chi connectivity index (χ4v) is 3.13. The van der Waals surface area contributed by atoms with E-state index < -0.39 is 0 Å². The summed E-state index contributed by atoms with van der Waals surface area (Å²) in [7, 11) is 0. The largest absolute Gasteiger partial charge is 0.369 e. The summed E-state index contributed by atoms with van der Waals surface area (Å²) in [5, 5.41) is 0. The minimum atomic E-state index is 1.15. The summed E-state index contributed by atoms with van der Waals surface area (Å²) in [5.41, 5.74) is 4.18. The van der Waals surface area contributed by atoms with Crippen molar-refractivity contribution in [1.82, 2.24) is 4.90 Å². The second-order valence-corrected chi connectivity index (χ2v) is 6.25. The van der Waals surface area contributed by atoms with Crippen LogP contribution < -0.4 is 4.90 Å². The zero-order valence-corrected chi connectivity index (χ0v) is 13.5. The Labute approximate surface area is 134 Å². The maximum Gasteiger partial charge on any atom is 0.0367 e. The molecule has 0 atom stereocenters. The summed E-state index contributed by atoms with van der Waals surface area (Å²) in [6.07, 6.45) is 2.45. The molecule has 1 heterocycles. The number of hydrogen-bond donors (Lipinski definition) is 0. The fourth-order valence-electron chi connectivity index (χ4n) is 3.13. The molecule has 2 aromatic carbocycles. The molecular weight excluding hydrogens is 268 g/mol. The normalized spacial score (nSPS) is 16.0. The lowest BCUT2D eigenvalue weighted by Crippen LogP contribution is -2.46. The molecule has 1 aliphatic heterocycles. The summed E-state index contributed by atoms with van der Waals surface area (Å²) in [6.45, 7) is 8.03. The highest BCUT2D eigenvalue weighted by Gasteiger charge is 2.16. The van der Waals surface area contributed by atoms with Crippen LogP contribution in [0.25, 0.3) is 0 Å². The van der Waals surface area contributed by atoms with Gasteiger partial charge in [-0.15, -0.1) is 0 Å². The van der Waals surface area contributed by atoms with Gasteiger partial charge in [0.1, 0.15) is 0 Å². The van der Waals surface area contributed by atoms with Crippen molar-refractivity contribution in [2.24, 2.45) is 0 Å². The Balaban J connectivity index is 1.40. The third-order valence-corrected chi connectivity index (χ3v) is 4.55. The molecule has 0 saturated carbocycles. The van der Waals surface area contributed by atoms with Gasteiger partial charge in [-0.3, -0.25) is 4.90 Å². The minimum Gasteiger partial charge on any atom is -0.369 e. The highest BCUT2D eigenvalue weighted by Crippen LogP contribution is 2.16. The lowest BCUT2D eigenvalue weighted by atomic mass is 10.1. The monoisotopic (exact) mass is 294 g/mol. The Morgan fingerprint density at radius 3 is 2.18 bits per heavy atom. The predicted octanol–water partition coefficient (Wildman–Crippen LogP) is 3.75. The number of nitrogens with zero attached hydrogens (tertiary/aromatic N) is 2. The van der Waals surface area contributed by atoms with Crippen LogP contribution in [0.3, 0.4) is 0 Å². The highest BCUT2D eigenvalue weighted by molar-refractivity contribution is 5.46. The van der Waals surface area contributed by atoms with E-state index in [0.29, 0.717) is 0 Å². The molecule has 1 aliphatic rings. The van der Waals surface area contributed by atoms with Crippen molar-refractivity contribution in [2.45, 2.75) is 19.8 Å². The van der Waals surface area contributed by atoms with Gasteiger partial charge in [0.2, 0.25) is 0 Å². The van der Waals surface area contributed by atoms with Crippen molar-refractivity contribution in [2.75, 3.05) is 37.6 Å². The molecule has 1 fully saturated rings. The number of aryl methyl sites for hydroxylation is 2. The van der Waals surface area contributed by atoms with Gasteiger partial charge in [-0.2, -0.15) is 0 Å². The van der Waals surface area contributed by atoms with Crippen molar-refractivity contribution in [1.29, 1.82) is 0 Å². The predicted molar refractivity (Wildman–Crippen MR) is 94.6 cm³/mol. The second kappa shape index (κ2) is 7.46. The van der Waals surface area contributed by atoms with Gasteiger partial charge in [0.25, 0.3) is 0 Å². The molecule has 0 N–H and O–H groups in total. The molecule has 0 amide bonds. The minimum absolute atomic E-state index is 1.15. The second-order valence-electron chi connectivity index (χ2n) is 6.25. The van der Waals surface area contributed by atoms with Gasteiger partial charge in [0, 0.05) is 31.9 Å². The molecule has 22 heavy (non-hydrogen) atoms. The first-order valence-electron chi connectivity index (χ1n) is 8.39. The van der Waals surface area contributed by atoms with Gasteiger partial charge < -0.3 is 4.90 Å². The number of para-hydroxylation sites is 1. The van der Waals surface area contributed by atoms with E-state index in [-0.39, 0.29) is 0 Å². The molecule has 0 radical (unpaired) electrons. The summed E-state index contributed by atoms with van der Waals surface area (Å²) < 4.78 is 0. The molecule has 1 saturated heterocycles. The van der Waals surface area contributed by atoms with Crippen LogP contribution in [0.2, 0.25) is 0 Å². The van der Waals surface area contributed by atoms with Gasteiger partial charge >= 0.3 is 0 Å². The fraction of sp³-hybridized carbons (Fsp3) is 0.400. The number of piperazine rings is 1. The molecule has 0 unspecified atom stereocenters. The number of anilines is 1. The van der Waals surface area contributed by atoms with Crippen LogP contribution in [0.4, 0.5) is 5.69 Å². The van der Waals surface area contributed by atoms with Crippen molar-refractivity contribution < 1.29 is 0 Å². The van der Waals surface area contributed by atoms with Gasteiger partial charge in [0.05, 0.1) is 0 Å². The Kier molecular flexibility index (Phi) is 5.12. The van der Waals surface area contributed by atoms with Crippen molar-refractivity contribution in [3.8, 4) is 0 Å². The molecule has 0 aliphatic carbocycles. The van der Waals surface area contributed by atoms with Crippen LogP contribution in [0.5, 0.6) is 0 Å². The van der Waals surface area contributed by atoms with Crippen LogP contribution in [0.1, 0.15) is 17.5 Å². The van der Waals surface area contributed by atoms with E-state index in [2.05, 4.69) is 71.3 Å². The van der Waals surface area contributed by atoms with Crippen LogP contribution in [-0.2, 0) is 6.42 Å². The van der Waals surface area contributed by atoms with Crippen LogP contribution in [0, 0.1) is 6.92 Å². The Morgan fingerprint density at radius 2 is 1.50 bits per heavy atom. The molecule has 2 heteroatoms. The Morgan fingerprint density at radius 1 is 0.818 bits per heavy atom. The van der Waals surface area contributed by atoms with E-state index in [9.17, 15) is 0 Å². The van der Waals surface area contributed by atoms with Gasteiger partial charge in [-0.05, 0) is 44.0 Å². The smallest absolute Gasteiger partial charge is 0.0367 e. The zero-order chi connectivity index (χ0) is 15.2. The first-order chi connectivity index (χ1) is 10.8. The highest BCUT2D eigenvalue weighted by atomic mass is 15.3. The topological polar surface area (TPSA) is 6.48 Å². The number of rotatable bonds is 5. The third-order valence-electron chi connectivity index (χ3n) is 4.55. The molecule has 116 valence electrons. The molecule has 0 spiro atoms. The third kappa shape index (κ3) is 4.11. The zero-order valence-electron chi connectivity index (χ0n) is 13.5. The standard InChI is InChI=1S/C20H26N2/c1-18-9-11-19(12-10-18)6-5-13-21-14-16-22(17-15-21)20-7-3-2-4-8-20/h2-4,7-12H,5-6,13-17H2,1H3. The lowest BCUT2D eigenvalue weighted by Gasteiger charge is -2.36.